The number of benzene rings is 2. The summed E-state index contributed by atoms with van der Waals surface area (Å²) in [5.74, 6) is 0. The number of rotatable bonds is 1. The summed E-state index contributed by atoms with van der Waals surface area (Å²) in [6.45, 7) is 9.09. The normalized spacial score (nSPS) is 13.0. The molecule has 5 aromatic rings. The predicted molar refractivity (Wildman–Crippen MR) is 107 cm³/mol. The number of para-hydroxylation sites is 1. The molecule has 0 bridgehead atoms. The van der Waals surface area contributed by atoms with Crippen molar-refractivity contribution in [2.24, 2.45) is 5.41 Å². The van der Waals surface area contributed by atoms with Crippen molar-refractivity contribution in [1.29, 1.82) is 0 Å². The second kappa shape index (κ2) is 4.72. The van der Waals surface area contributed by atoms with Crippen molar-refractivity contribution >= 4 is 38.1 Å². The molecule has 0 radical (unpaired) electrons. The Balaban J connectivity index is 2.03. The van der Waals surface area contributed by atoms with Crippen molar-refractivity contribution in [3.63, 3.8) is 0 Å². The van der Waals surface area contributed by atoms with E-state index in [0.29, 0.717) is 0 Å². The molecule has 0 aliphatic rings. The van der Waals surface area contributed by atoms with Gasteiger partial charge in [0.15, 0.2) is 0 Å². The quantitative estimate of drug-likeness (QED) is 0.267. The van der Waals surface area contributed by atoms with E-state index in [9.17, 15) is 0 Å². The number of fused-ring (bicyclic) bond motifs is 2. The minimum absolute atomic E-state index is 0.272. The van der Waals surface area contributed by atoms with Crippen LogP contribution in [0.3, 0.4) is 0 Å². The molecule has 2 heteroatoms. The van der Waals surface area contributed by atoms with Gasteiger partial charge in [-0.05, 0) is 46.7 Å². The molecule has 0 unspecified atom stereocenters. The average Bonchev–Trinajstić information content (AvgIpc) is 2.89. The van der Waals surface area contributed by atoms with E-state index < -0.39 is 0 Å². The maximum absolute atomic E-state index is 4.74. The van der Waals surface area contributed by atoms with E-state index in [2.05, 4.69) is 74.7 Å². The number of pyridine rings is 2. The highest BCUT2D eigenvalue weighted by Gasteiger charge is 2.18. The molecule has 2 nitrogen and oxygen atoms in total. The molecule has 0 spiro atoms. The standard InChI is InChI=1S/C23H22N2/c1-14-13-25-21-17(14)6-5-7-18(21)19-11-15(12-23(2,3)4)10-16-8-9-24-22(25)20(16)19/h5-11,13H,12H2,1-4H3. The van der Waals surface area contributed by atoms with Crippen molar-refractivity contribution < 1.29 is 0 Å². The van der Waals surface area contributed by atoms with Gasteiger partial charge in [-0.25, -0.2) is 4.98 Å². The maximum atomic E-state index is 4.74. The number of nitrogens with zero attached hydrogens (tertiary/aromatic N) is 2. The molecule has 0 atom stereocenters. The van der Waals surface area contributed by atoms with Gasteiger partial charge in [-0.1, -0.05) is 51.1 Å². The molecule has 0 aliphatic heterocycles. The van der Waals surface area contributed by atoms with Crippen LogP contribution in [0.1, 0.15) is 31.9 Å². The number of hydrogen-bond acceptors (Lipinski definition) is 1. The molecule has 5 rings (SSSR count). The third-order valence-corrected chi connectivity index (χ3v) is 5.18. The molecule has 0 saturated carbocycles. The largest absolute Gasteiger partial charge is 0.300 e. The average molecular weight is 326 g/mol. The van der Waals surface area contributed by atoms with Gasteiger partial charge in [-0.3, -0.25) is 4.40 Å². The summed E-state index contributed by atoms with van der Waals surface area (Å²) in [6.07, 6.45) is 5.24. The van der Waals surface area contributed by atoms with Crippen LogP contribution < -0.4 is 0 Å². The van der Waals surface area contributed by atoms with Crippen LogP contribution in [0.5, 0.6) is 0 Å². The third kappa shape index (κ3) is 2.07. The molecule has 0 amide bonds. The van der Waals surface area contributed by atoms with E-state index in [1.807, 2.05) is 6.20 Å². The SMILES string of the molecule is Cc1cn2c3nccc4cc(CC(C)(C)C)cc(c5cccc1c52)c43. The highest BCUT2D eigenvalue weighted by molar-refractivity contribution is 6.21. The topological polar surface area (TPSA) is 17.3 Å². The molecular weight excluding hydrogens is 304 g/mol. The van der Waals surface area contributed by atoms with Crippen molar-refractivity contribution in [2.45, 2.75) is 34.1 Å². The Hall–Kier alpha value is -2.61. The summed E-state index contributed by atoms with van der Waals surface area (Å²) in [6, 6.07) is 13.5. The van der Waals surface area contributed by atoms with Crippen molar-refractivity contribution in [1.82, 2.24) is 9.38 Å². The fourth-order valence-corrected chi connectivity index (χ4v) is 4.30. The maximum Gasteiger partial charge on any atom is 0.145 e. The Morgan fingerprint density at radius 1 is 1.00 bits per heavy atom. The molecule has 0 N–H and O–H groups in total. The van der Waals surface area contributed by atoms with Crippen LogP contribution in [0.25, 0.3) is 38.1 Å². The molecule has 0 fully saturated rings. The minimum Gasteiger partial charge on any atom is -0.300 e. The second-order valence-corrected chi connectivity index (χ2v) is 8.50. The van der Waals surface area contributed by atoms with E-state index in [1.54, 1.807) is 0 Å². The second-order valence-electron chi connectivity index (χ2n) is 8.50. The van der Waals surface area contributed by atoms with Gasteiger partial charge < -0.3 is 0 Å². The van der Waals surface area contributed by atoms with Crippen molar-refractivity contribution in [3.05, 3.63) is 59.9 Å². The van der Waals surface area contributed by atoms with Crippen LogP contribution in [0.2, 0.25) is 0 Å². The van der Waals surface area contributed by atoms with Crippen LogP contribution in [0.15, 0.2) is 48.8 Å². The lowest BCUT2D eigenvalue weighted by Gasteiger charge is -2.20. The zero-order chi connectivity index (χ0) is 17.3. The summed E-state index contributed by atoms with van der Waals surface area (Å²) in [5.41, 5.74) is 5.33. The first-order valence-electron chi connectivity index (χ1n) is 8.95. The van der Waals surface area contributed by atoms with Crippen LogP contribution in [0.4, 0.5) is 0 Å². The lowest BCUT2D eigenvalue weighted by molar-refractivity contribution is 0.411. The van der Waals surface area contributed by atoms with Gasteiger partial charge in [-0.2, -0.15) is 0 Å². The Bertz CT molecular complexity index is 1250. The molecule has 3 aromatic heterocycles. The summed E-state index contributed by atoms with van der Waals surface area (Å²) < 4.78 is 2.28. The highest BCUT2D eigenvalue weighted by Crippen LogP contribution is 2.37. The Morgan fingerprint density at radius 2 is 1.80 bits per heavy atom. The Morgan fingerprint density at radius 3 is 2.60 bits per heavy atom. The first kappa shape index (κ1) is 14.7. The Labute approximate surface area is 147 Å². The first-order chi connectivity index (χ1) is 11.9. The first-order valence-corrected chi connectivity index (χ1v) is 8.95. The number of hydrogen-bond donors (Lipinski definition) is 0. The zero-order valence-electron chi connectivity index (χ0n) is 15.2. The molecular formula is C23H22N2. The molecule has 25 heavy (non-hydrogen) atoms. The summed E-state index contributed by atoms with van der Waals surface area (Å²) in [4.78, 5) is 4.74. The van der Waals surface area contributed by atoms with Crippen molar-refractivity contribution in [2.75, 3.05) is 0 Å². The van der Waals surface area contributed by atoms with Crippen LogP contribution in [-0.4, -0.2) is 9.38 Å². The van der Waals surface area contributed by atoms with Gasteiger partial charge in [0.05, 0.1) is 5.52 Å². The fourth-order valence-electron chi connectivity index (χ4n) is 4.30. The summed E-state index contributed by atoms with van der Waals surface area (Å²) in [7, 11) is 0. The van der Waals surface area contributed by atoms with Gasteiger partial charge in [-0.15, -0.1) is 0 Å². The van der Waals surface area contributed by atoms with Gasteiger partial charge in [0, 0.05) is 28.6 Å². The van der Waals surface area contributed by atoms with Crippen LogP contribution in [0, 0.1) is 12.3 Å². The lowest BCUT2D eigenvalue weighted by atomic mass is 9.86. The molecule has 0 aliphatic carbocycles. The van der Waals surface area contributed by atoms with Gasteiger partial charge in [0.25, 0.3) is 0 Å². The highest BCUT2D eigenvalue weighted by atomic mass is 15.0. The van der Waals surface area contributed by atoms with E-state index >= 15 is 0 Å². The smallest absolute Gasteiger partial charge is 0.145 e. The van der Waals surface area contributed by atoms with E-state index in [-0.39, 0.29) is 5.41 Å². The molecule has 3 heterocycles. The summed E-state index contributed by atoms with van der Waals surface area (Å²) in [5, 5.41) is 6.54. The summed E-state index contributed by atoms with van der Waals surface area (Å²) >= 11 is 0. The van der Waals surface area contributed by atoms with E-state index in [1.165, 1.54) is 43.6 Å². The van der Waals surface area contributed by atoms with E-state index in [4.69, 9.17) is 4.98 Å². The van der Waals surface area contributed by atoms with E-state index in [0.717, 1.165) is 12.1 Å². The molecule has 2 aromatic carbocycles. The van der Waals surface area contributed by atoms with Gasteiger partial charge >= 0.3 is 0 Å². The third-order valence-electron chi connectivity index (χ3n) is 5.18. The number of aromatic nitrogens is 2. The van der Waals surface area contributed by atoms with Crippen LogP contribution in [-0.2, 0) is 6.42 Å². The Kier molecular flexibility index (Phi) is 2.78. The van der Waals surface area contributed by atoms with Gasteiger partial charge in [0.2, 0.25) is 0 Å². The number of aryl methyl sites for hydroxylation is 1. The van der Waals surface area contributed by atoms with Crippen LogP contribution >= 0.6 is 0 Å². The molecule has 124 valence electrons. The minimum atomic E-state index is 0.272. The predicted octanol–water partition coefficient (Wildman–Crippen LogP) is 6.13. The molecule has 0 saturated heterocycles. The lowest BCUT2D eigenvalue weighted by Crippen LogP contribution is -2.09. The zero-order valence-corrected chi connectivity index (χ0v) is 15.2. The monoisotopic (exact) mass is 326 g/mol. The van der Waals surface area contributed by atoms with Crippen molar-refractivity contribution in [3.8, 4) is 0 Å². The van der Waals surface area contributed by atoms with Gasteiger partial charge in [0.1, 0.15) is 5.65 Å². The fraction of sp³-hybridized carbons (Fsp3) is 0.261.